The van der Waals surface area contributed by atoms with Crippen LogP contribution in [0.25, 0.3) is 0 Å². The van der Waals surface area contributed by atoms with E-state index in [1.807, 2.05) is 0 Å². The lowest BCUT2D eigenvalue weighted by molar-refractivity contribution is -0.136. The minimum atomic E-state index is -1.07. The summed E-state index contributed by atoms with van der Waals surface area (Å²) in [5, 5.41) is 27.5. The fourth-order valence-corrected chi connectivity index (χ4v) is 2.29. The zero-order valence-electron chi connectivity index (χ0n) is 10.4. The van der Waals surface area contributed by atoms with Gasteiger partial charge in [0.25, 0.3) is 0 Å². The van der Waals surface area contributed by atoms with Gasteiger partial charge >= 0.3 is 11.7 Å². The maximum absolute atomic E-state index is 11.8. The Bertz CT molecular complexity index is 624. The number of ether oxygens (including phenoxy) is 1. The SMILES string of the molecule is O=C(O)Cc1cn([C@H]2C[C@H](O)[C@@H](CO)O2)c(=O)[nH]c1=S. The topological polar surface area (TPSA) is 125 Å². The number of aromatic amines is 1. The molecule has 0 amide bonds. The molecule has 0 aliphatic carbocycles. The molecule has 0 unspecified atom stereocenters. The molecule has 2 heterocycles. The Balaban J connectivity index is 2.35. The van der Waals surface area contributed by atoms with Crippen LogP contribution in [0.5, 0.6) is 0 Å². The highest BCUT2D eigenvalue weighted by Crippen LogP contribution is 2.27. The molecule has 4 N–H and O–H groups in total. The summed E-state index contributed by atoms with van der Waals surface area (Å²) in [5.41, 5.74) is -0.280. The maximum atomic E-state index is 11.8. The van der Waals surface area contributed by atoms with E-state index >= 15 is 0 Å². The number of nitrogens with one attached hydrogen (secondary N) is 1. The predicted molar refractivity (Wildman–Crippen MR) is 68.8 cm³/mol. The van der Waals surface area contributed by atoms with Crippen LogP contribution in [0.15, 0.2) is 11.0 Å². The van der Waals surface area contributed by atoms with Crippen LogP contribution in [0.1, 0.15) is 18.2 Å². The van der Waals surface area contributed by atoms with Gasteiger partial charge in [0.15, 0.2) is 0 Å². The van der Waals surface area contributed by atoms with Gasteiger partial charge in [-0.1, -0.05) is 12.2 Å². The zero-order chi connectivity index (χ0) is 14.9. The van der Waals surface area contributed by atoms with Gasteiger partial charge < -0.3 is 20.1 Å². The monoisotopic (exact) mass is 302 g/mol. The highest BCUT2D eigenvalue weighted by molar-refractivity contribution is 7.71. The summed E-state index contributed by atoms with van der Waals surface area (Å²) >= 11 is 4.90. The van der Waals surface area contributed by atoms with Crippen molar-refractivity contribution in [1.29, 1.82) is 0 Å². The summed E-state index contributed by atoms with van der Waals surface area (Å²) in [6, 6.07) is 0. The minimum absolute atomic E-state index is 0.0610. The smallest absolute Gasteiger partial charge is 0.328 e. The van der Waals surface area contributed by atoms with E-state index in [9.17, 15) is 14.7 Å². The molecule has 1 aliphatic heterocycles. The lowest BCUT2D eigenvalue weighted by atomic mass is 10.2. The highest BCUT2D eigenvalue weighted by Gasteiger charge is 2.35. The van der Waals surface area contributed by atoms with E-state index in [1.165, 1.54) is 6.20 Å². The summed E-state index contributed by atoms with van der Waals surface area (Å²) in [4.78, 5) is 24.9. The second-order valence-corrected chi connectivity index (χ2v) is 4.91. The Labute approximate surface area is 118 Å². The molecular formula is C11H14N2O6S. The van der Waals surface area contributed by atoms with Crippen molar-refractivity contribution in [2.45, 2.75) is 31.3 Å². The molecule has 1 aromatic rings. The molecule has 1 aliphatic rings. The van der Waals surface area contributed by atoms with Crippen molar-refractivity contribution in [3.05, 3.63) is 26.9 Å². The average molecular weight is 302 g/mol. The fraction of sp³-hybridized carbons (Fsp3) is 0.545. The van der Waals surface area contributed by atoms with E-state index in [0.29, 0.717) is 0 Å². The van der Waals surface area contributed by atoms with Gasteiger partial charge in [-0.2, -0.15) is 0 Å². The first-order valence-corrected chi connectivity index (χ1v) is 6.33. The van der Waals surface area contributed by atoms with Crippen molar-refractivity contribution < 1.29 is 24.9 Å². The Hall–Kier alpha value is -1.55. The summed E-state index contributed by atoms with van der Waals surface area (Å²) in [5.74, 6) is -1.07. The van der Waals surface area contributed by atoms with Crippen LogP contribution in [0.4, 0.5) is 0 Å². The van der Waals surface area contributed by atoms with Crippen molar-refractivity contribution in [2.24, 2.45) is 0 Å². The minimum Gasteiger partial charge on any atom is -0.481 e. The van der Waals surface area contributed by atoms with Gasteiger partial charge in [0.05, 0.1) is 19.1 Å². The first-order chi connectivity index (χ1) is 9.42. The van der Waals surface area contributed by atoms with Crippen LogP contribution in [-0.4, -0.2) is 49.7 Å². The van der Waals surface area contributed by atoms with Crippen LogP contribution in [-0.2, 0) is 16.0 Å². The van der Waals surface area contributed by atoms with Gasteiger partial charge in [-0.3, -0.25) is 14.3 Å². The van der Waals surface area contributed by atoms with Crippen molar-refractivity contribution in [3.8, 4) is 0 Å². The standard InChI is InChI=1S/C11H14N2O6S/c14-4-7-6(15)2-8(19-7)13-3-5(1-9(16)17)10(20)12-11(13)18/h3,6-8,14-15H,1-2,4H2,(H,16,17)(H,12,18,20)/t6-,7+,8+/m0/s1. The number of hydrogen-bond acceptors (Lipinski definition) is 6. The molecular weight excluding hydrogens is 288 g/mol. The third-order valence-electron chi connectivity index (χ3n) is 3.08. The van der Waals surface area contributed by atoms with Gasteiger partial charge in [0, 0.05) is 18.2 Å². The Morgan fingerprint density at radius 1 is 1.60 bits per heavy atom. The first kappa shape index (κ1) is 14.9. The van der Waals surface area contributed by atoms with E-state index in [0.717, 1.165) is 4.57 Å². The van der Waals surface area contributed by atoms with Crippen molar-refractivity contribution in [1.82, 2.24) is 9.55 Å². The molecule has 0 spiro atoms. The lowest BCUT2D eigenvalue weighted by Gasteiger charge is -2.15. The van der Waals surface area contributed by atoms with E-state index in [2.05, 4.69) is 4.98 Å². The molecule has 1 saturated heterocycles. The molecule has 0 radical (unpaired) electrons. The number of aromatic nitrogens is 2. The normalized spacial score (nSPS) is 25.8. The third-order valence-corrected chi connectivity index (χ3v) is 3.44. The van der Waals surface area contributed by atoms with Gasteiger partial charge in [-0.15, -0.1) is 0 Å². The summed E-state index contributed by atoms with van der Waals surface area (Å²) in [7, 11) is 0. The number of aliphatic hydroxyl groups excluding tert-OH is 2. The van der Waals surface area contributed by atoms with Gasteiger partial charge in [0.2, 0.25) is 0 Å². The fourth-order valence-electron chi connectivity index (χ4n) is 2.08. The van der Waals surface area contributed by atoms with E-state index in [-0.39, 0.29) is 29.7 Å². The first-order valence-electron chi connectivity index (χ1n) is 5.93. The Morgan fingerprint density at radius 2 is 2.30 bits per heavy atom. The molecule has 110 valence electrons. The number of hydrogen-bond donors (Lipinski definition) is 4. The van der Waals surface area contributed by atoms with Crippen molar-refractivity contribution >= 4 is 18.2 Å². The van der Waals surface area contributed by atoms with Crippen LogP contribution in [0.3, 0.4) is 0 Å². The van der Waals surface area contributed by atoms with Crippen LogP contribution < -0.4 is 5.69 Å². The number of nitrogens with zero attached hydrogens (tertiary/aromatic N) is 1. The number of aliphatic carboxylic acids is 1. The quantitative estimate of drug-likeness (QED) is 0.535. The molecule has 20 heavy (non-hydrogen) atoms. The number of carboxylic acids is 1. The summed E-state index contributed by atoms with van der Waals surface area (Å²) in [6.45, 7) is -0.364. The molecule has 8 nitrogen and oxygen atoms in total. The molecule has 3 atom stereocenters. The molecule has 1 fully saturated rings. The van der Waals surface area contributed by atoms with Crippen LogP contribution >= 0.6 is 12.2 Å². The summed E-state index contributed by atoms with van der Waals surface area (Å²) < 4.78 is 6.56. The molecule has 1 aromatic heterocycles. The summed E-state index contributed by atoms with van der Waals surface area (Å²) in [6.07, 6.45) is -1.31. The van der Waals surface area contributed by atoms with Crippen molar-refractivity contribution in [2.75, 3.05) is 6.61 Å². The van der Waals surface area contributed by atoms with E-state index < -0.39 is 30.1 Å². The third kappa shape index (κ3) is 2.96. The lowest BCUT2D eigenvalue weighted by Crippen LogP contribution is -2.28. The van der Waals surface area contributed by atoms with Gasteiger partial charge in [0.1, 0.15) is 17.0 Å². The Kier molecular flexibility index (Phi) is 4.33. The molecule has 0 bridgehead atoms. The number of carboxylic acid groups (broad SMARTS) is 1. The zero-order valence-corrected chi connectivity index (χ0v) is 11.2. The molecule has 0 saturated carbocycles. The van der Waals surface area contributed by atoms with Crippen LogP contribution in [0, 0.1) is 4.64 Å². The largest absolute Gasteiger partial charge is 0.481 e. The van der Waals surface area contributed by atoms with E-state index in [4.69, 9.17) is 27.2 Å². The number of aliphatic hydroxyl groups is 2. The molecule has 9 heteroatoms. The second-order valence-electron chi connectivity index (χ2n) is 4.51. The number of H-pyrrole nitrogens is 1. The number of carbonyl (C=O) groups is 1. The maximum Gasteiger partial charge on any atom is 0.328 e. The van der Waals surface area contributed by atoms with E-state index in [1.54, 1.807) is 0 Å². The second kappa shape index (κ2) is 5.83. The average Bonchev–Trinajstić information content (AvgIpc) is 2.73. The van der Waals surface area contributed by atoms with Gasteiger partial charge in [-0.05, 0) is 0 Å². The van der Waals surface area contributed by atoms with Gasteiger partial charge in [-0.25, -0.2) is 4.79 Å². The predicted octanol–water partition coefficient (Wildman–Crippen LogP) is -0.826. The van der Waals surface area contributed by atoms with Crippen LogP contribution in [0.2, 0.25) is 0 Å². The molecule has 2 rings (SSSR count). The highest BCUT2D eigenvalue weighted by atomic mass is 32.1. The number of rotatable bonds is 4. The molecule has 0 aromatic carbocycles. The Morgan fingerprint density at radius 3 is 2.85 bits per heavy atom. The van der Waals surface area contributed by atoms with Crippen molar-refractivity contribution in [3.63, 3.8) is 0 Å².